The van der Waals surface area contributed by atoms with Crippen molar-refractivity contribution < 1.29 is 4.79 Å². The molecule has 106 valence electrons. The number of nitrogens with one attached hydrogen (secondary N) is 1. The van der Waals surface area contributed by atoms with Crippen molar-refractivity contribution in [3.63, 3.8) is 0 Å². The van der Waals surface area contributed by atoms with Crippen molar-refractivity contribution in [1.29, 1.82) is 0 Å². The molecular weight excluding hydrogens is 262 g/mol. The Morgan fingerprint density at radius 3 is 2.74 bits per heavy atom. The molecule has 0 bridgehead atoms. The molecule has 1 aromatic carbocycles. The number of nitrogens with zero attached hydrogens (tertiary/aromatic N) is 1. The van der Waals surface area contributed by atoms with Gasteiger partial charge in [-0.15, -0.1) is 0 Å². The summed E-state index contributed by atoms with van der Waals surface area (Å²) in [6, 6.07) is 5.43. The summed E-state index contributed by atoms with van der Waals surface area (Å²) in [7, 11) is 0. The largest absolute Gasteiger partial charge is 0.397 e. The average Bonchev–Trinajstić information content (AvgIpc) is 2.39. The molecule has 0 heterocycles. The molecule has 4 nitrogen and oxygen atoms in total. The summed E-state index contributed by atoms with van der Waals surface area (Å²) in [6.45, 7) is 7.48. The normalized spacial score (nSPS) is 12.5. The summed E-state index contributed by atoms with van der Waals surface area (Å²) in [4.78, 5) is 14.1. The van der Waals surface area contributed by atoms with E-state index in [1.807, 2.05) is 6.92 Å². The summed E-state index contributed by atoms with van der Waals surface area (Å²) in [6.07, 6.45) is 1.01. The zero-order valence-electron chi connectivity index (χ0n) is 11.7. The molecule has 0 aliphatic rings. The number of nitrogens with two attached hydrogens (primary N) is 1. The van der Waals surface area contributed by atoms with Gasteiger partial charge >= 0.3 is 0 Å². The molecule has 0 aliphatic heterocycles. The van der Waals surface area contributed by atoms with Crippen LogP contribution in [-0.2, 0) is 4.79 Å². The first-order valence-corrected chi connectivity index (χ1v) is 6.94. The van der Waals surface area contributed by atoms with E-state index < -0.39 is 0 Å². The lowest BCUT2D eigenvalue weighted by molar-refractivity contribution is -0.117. The number of halogens is 1. The molecule has 0 fully saturated rings. The first-order valence-electron chi connectivity index (χ1n) is 6.56. The molecule has 1 rings (SSSR count). The van der Waals surface area contributed by atoms with Crippen LogP contribution in [0.4, 0.5) is 11.4 Å². The highest BCUT2D eigenvalue weighted by molar-refractivity contribution is 6.31. The minimum Gasteiger partial charge on any atom is -0.397 e. The van der Waals surface area contributed by atoms with Crippen LogP contribution in [0.3, 0.4) is 0 Å². The highest BCUT2D eigenvalue weighted by Gasteiger charge is 2.14. The lowest BCUT2D eigenvalue weighted by Gasteiger charge is -2.26. The lowest BCUT2D eigenvalue weighted by Crippen LogP contribution is -2.39. The Balaban J connectivity index is 2.66. The van der Waals surface area contributed by atoms with Gasteiger partial charge in [-0.25, -0.2) is 0 Å². The van der Waals surface area contributed by atoms with E-state index in [4.69, 9.17) is 17.3 Å². The van der Waals surface area contributed by atoms with E-state index in [-0.39, 0.29) is 5.91 Å². The molecule has 0 radical (unpaired) electrons. The molecule has 1 aromatic rings. The van der Waals surface area contributed by atoms with Crippen LogP contribution in [-0.4, -0.2) is 29.9 Å². The van der Waals surface area contributed by atoms with Gasteiger partial charge in [0.05, 0.1) is 17.9 Å². The third-order valence-electron chi connectivity index (χ3n) is 3.26. The molecule has 0 aliphatic carbocycles. The van der Waals surface area contributed by atoms with E-state index in [1.54, 1.807) is 18.2 Å². The van der Waals surface area contributed by atoms with Gasteiger partial charge in [-0.2, -0.15) is 0 Å². The fourth-order valence-electron chi connectivity index (χ4n) is 1.85. The number of rotatable bonds is 6. The Hall–Kier alpha value is -1.26. The second kappa shape index (κ2) is 7.36. The molecule has 0 saturated heterocycles. The smallest absolute Gasteiger partial charge is 0.238 e. The maximum Gasteiger partial charge on any atom is 0.238 e. The maximum atomic E-state index is 12.0. The van der Waals surface area contributed by atoms with Gasteiger partial charge in [0.1, 0.15) is 0 Å². The summed E-state index contributed by atoms with van der Waals surface area (Å²) in [5, 5.41) is 3.36. The average molecular weight is 284 g/mol. The van der Waals surface area contributed by atoms with E-state index in [2.05, 4.69) is 24.1 Å². The minimum absolute atomic E-state index is 0.0730. The minimum atomic E-state index is -0.0730. The summed E-state index contributed by atoms with van der Waals surface area (Å²) >= 11 is 5.89. The third kappa shape index (κ3) is 4.73. The molecule has 1 unspecified atom stereocenters. The number of hydrogen-bond donors (Lipinski definition) is 2. The number of hydrogen-bond acceptors (Lipinski definition) is 3. The molecule has 3 N–H and O–H groups in total. The van der Waals surface area contributed by atoms with Crippen LogP contribution in [0, 0.1) is 0 Å². The van der Waals surface area contributed by atoms with E-state index in [0.29, 0.717) is 29.0 Å². The second-order valence-electron chi connectivity index (χ2n) is 4.60. The molecule has 5 heteroatoms. The molecule has 0 spiro atoms. The Morgan fingerprint density at radius 2 is 2.16 bits per heavy atom. The van der Waals surface area contributed by atoms with Crippen LogP contribution < -0.4 is 11.1 Å². The van der Waals surface area contributed by atoms with Crippen LogP contribution in [0.2, 0.25) is 5.02 Å². The summed E-state index contributed by atoms with van der Waals surface area (Å²) in [5.74, 6) is -0.0730. The second-order valence-corrected chi connectivity index (χ2v) is 5.04. The number of amides is 1. The van der Waals surface area contributed by atoms with Crippen LogP contribution in [0.1, 0.15) is 27.2 Å². The van der Waals surface area contributed by atoms with Crippen molar-refractivity contribution in [3.8, 4) is 0 Å². The van der Waals surface area contributed by atoms with Crippen molar-refractivity contribution in [2.24, 2.45) is 0 Å². The number of carbonyl (C=O) groups excluding carboxylic acids is 1. The fraction of sp³-hybridized carbons (Fsp3) is 0.500. The Kier molecular flexibility index (Phi) is 6.12. The molecule has 0 aromatic heterocycles. The van der Waals surface area contributed by atoms with Gasteiger partial charge in [0.2, 0.25) is 5.91 Å². The van der Waals surface area contributed by atoms with Crippen molar-refractivity contribution in [2.45, 2.75) is 33.2 Å². The first-order chi connectivity index (χ1) is 8.97. The lowest BCUT2D eigenvalue weighted by atomic mass is 10.2. The standard InChI is InChI=1S/C14H22ClN3O/c1-4-10(3)18(5-2)9-14(19)17-13-8-11(15)6-7-12(13)16/h6-8,10H,4-5,9,16H2,1-3H3,(H,17,19). The van der Waals surface area contributed by atoms with Gasteiger partial charge < -0.3 is 11.1 Å². The number of anilines is 2. The van der Waals surface area contributed by atoms with E-state index >= 15 is 0 Å². The molecule has 1 amide bonds. The SMILES string of the molecule is CCC(C)N(CC)CC(=O)Nc1cc(Cl)ccc1N. The molecule has 19 heavy (non-hydrogen) atoms. The van der Waals surface area contributed by atoms with E-state index in [0.717, 1.165) is 13.0 Å². The summed E-state index contributed by atoms with van der Waals surface area (Å²) in [5.41, 5.74) is 6.89. The van der Waals surface area contributed by atoms with Gasteiger partial charge in [-0.1, -0.05) is 25.4 Å². The number of benzene rings is 1. The quantitative estimate of drug-likeness (QED) is 0.789. The van der Waals surface area contributed by atoms with E-state index in [9.17, 15) is 4.79 Å². The predicted octanol–water partition coefficient (Wildman–Crippen LogP) is 2.98. The van der Waals surface area contributed by atoms with Crippen molar-refractivity contribution in [3.05, 3.63) is 23.2 Å². The van der Waals surface area contributed by atoms with Crippen LogP contribution in [0.15, 0.2) is 18.2 Å². The Morgan fingerprint density at radius 1 is 1.47 bits per heavy atom. The van der Waals surface area contributed by atoms with Gasteiger partial charge in [-0.05, 0) is 38.1 Å². The Bertz CT molecular complexity index is 437. The van der Waals surface area contributed by atoms with Crippen LogP contribution in [0.25, 0.3) is 0 Å². The first kappa shape index (κ1) is 15.8. The summed E-state index contributed by atoms with van der Waals surface area (Å²) < 4.78 is 0. The molecule has 0 saturated carbocycles. The number of carbonyl (C=O) groups is 1. The Labute approximate surface area is 119 Å². The highest BCUT2D eigenvalue weighted by atomic mass is 35.5. The predicted molar refractivity (Wildman–Crippen MR) is 81.5 cm³/mol. The monoisotopic (exact) mass is 283 g/mol. The van der Waals surface area contributed by atoms with Crippen LogP contribution >= 0.6 is 11.6 Å². The fourth-order valence-corrected chi connectivity index (χ4v) is 2.02. The zero-order chi connectivity index (χ0) is 14.4. The third-order valence-corrected chi connectivity index (χ3v) is 3.49. The van der Waals surface area contributed by atoms with Crippen LogP contribution in [0.5, 0.6) is 0 Å². The van der Waals surface area contributed by atoms with Crippen molar-refractivity contribution >= 4 is 28.9 Å². The maximum absolute atomic E-state index is 12.0. The number of likely N-dealkylation sites (N-methyl/N-ethyl adjacent to an activating group) is 1. The highest BCUT2D eigenvalue weighted by Crippen LogP contribution is 2.22. The zero-order valence-corrected chi connectivity index (χ0v) is 12.5. The van der Waals surface area contributed by atoms with Gasteiger partial charge in [0, 0.05) is 11.1 Å². The molecular formula is C14H22ClN3O. The van der Waals surface area contributed by atoms with Gasteiger partial charge in [-0.3, -0.25) is 9.69 Å². The molecule has 1 atom stereocenters. The number of nitrogen functional groups attached to an aromatic ring is 1. The van der Waals surface area contributed by atoms with E-state index in [1.165, 1.54) is 0 Å². The van der Waals surface area contributed by atoms with Crippen molar-refractivity contribution in [1.82, 2.24) is 4.90 Å². The van der Waals surface area contributed by atoms with Gasteiger partial charge in [0.25, 0.3) is 0 Å². The van der Waals surface area contributed by atoms with Crippen molar-refractivity contribution in [2.75, 3.05) is 24.1 Å². The van der Waals surface area contributed by atoms with Gasteiger partial charge in [0.15, 0.2) is 0 Å². The topological polar surface area (TPSA) is 58.4 Å².